The van der Waals surface area contributed by atoms with Crippen molar-refractivity contribution in [2.75, 3.05) is 6.54 Å². The molecule has 17 heavy (non-hydrogen) atoms. The first-order chi connectivity index (χ1) is 8.18. The molecule has 2 rings (SSSR count). The molecule has 2 nitrogen and oxygen atoms in total. The third-order valence-corrected chi connectivity index (χ3v) is 3.72. The standard InChI is InChI=1S/C15H23NO/c1-11-7-8-13(12(2)10-11)15(17)14-6-4-3-5-9-16-14/h7-8,10,14-17H,3-6,9H2,1-2H3. The van der Waals surface area contributed by atoms with Gasteiger partial charge in [-0.25, -0.2) is 0 Å². The second kappa shape index (κ2) is 5.65. The van der Waals surface area contributed by atoms with Crippen molar-refractivity contribution >= 4 is 0 Å². The molecule has 0 saturated carbocycles. The highest BCUT2D eigenvalue weighted by atomic mass is 16.3. The minimum atomic E-state index is -0.367. The van der Waals surface area contributed by atoms with E-state index < -0.39 is 0 Å². The molecular weight excluding hydrogens is 210 g/mol. The normalized spacial score (nSPS) is 23.1. The maximum Gasteiger partial charge on any atom is 0.0945 e. The first-order valence-corrected chi connectivity index (χ1v) is 6.67. The quantitative estimate of drug-likeness (QED) is 0.823. The fourth-order valence-corrected chi connectivity index (χ4v) is 2.70. The number of hydrogen-bond donors (Lipinski definition) is 2. The molecule has 0 aliphatic carbocycles. The van der Waals surface area contributed by atoms with E-state index in [0.29, 0.717) is 0 Å². The highest BCUT2D eigenvalue weighted by molar-refractivity contribution is 5.32. The second-order valence-electron chi connectivity index (χ2n) is 5.21. The van der Waals surface area contributed by atoms with Crippen LogP contribution < -0.4 is 5.32 Å². The van der Waals surface area contributed by atoms with Gasteiger partial charge in [-0.1, -0.05) is 36.6 Å². The van der Waals surface area contributed by atoms with Crippen molar-refractivity contribution in [1.82, 2.24) is 5.32 Å². The van der Waals surface area contributed by atoms with Crippen LogP contribution in [-0.2, 0) is 0 Å². The average Bonchev–Trinajstić information content (AvgIpc) is 2.56. The molecule has 1 fully saturated rings. The number of aryl methyl sites for hydroxylation is 2. The Morgan fingerprint density at radius 2 is 2.06 bits per heavy atom. The van der Waals surface area contributed by atoms with E-state index in [2.05, 4.69) is 37.4 Å². The Morgan fingerprint density at radius 1 is 1.24 bits per heavy atom. The molecule has 1 aromatic rings. The van der Waals surface area contributed by atoms with Crippen molar-refractivity contribution in [1.29, 1.82) is 0 Å². The molecule has 94 valence electrons. The Labute approximate surface area is 104 Å². The van der Waals surface area contributed by atoms with Gasteiger partial charge in [0.2, 0.25) is 0 Å². The Balaban J connectivity index is 2.14. The van der Waals surface area contributed by atoms with Crippen LogP contribution in [0.2, 0.25) is 0 Å². The lowest BCUT2D eigenvalue weighted by Gasteiger charge is -2.24. The number of aliphatic hydroxyl groups excluding tert-OH is 1. The van der Waals surface area contributed by atoms with E-state index in [1.165, 1.54) is 30.4 Å². The van der Waals surface area contributed by atoms with Crippen molar-refractivity contribution in [2.24, 2.45) is 0 Å². The van der Waals surface area contributed by atoms with Crippen LogP contribution in [0.5, 0.6) is 0 Å². The van der Waals surface area contributed by atoms with Gasteiger partial charge >= 0.3 is 0 Å². The molecule has 2 atom stereocenters. The smallest absolute Gasteiger partial charge is 0.0945 e. The van der Waals surface area contributed by atoms with Gasteiger partial charge in [-0.2, -0.15) is 0 Å². The zero-order valence-electron chi connectivity index (χ0n) is 10.9. The monoisotopic (exact) mass is 233 g/mol. The summed E-state index contributed by atoms with van der Waals surface area (Å²) < 4.78 is 0. The van der Waals surface area contributed by atoms with Crippen molar-refractivity contribution in [3.8, 4) is 0 Å². The molecule has 1 heterocycles. The Hall–Kier alpha value is -0.860. The maximum absolute atomic E-state index is 10.5. The van der Waals surface area contributed by atoms with Gasteiger partial charge in [0.1, 0.15) is 0 Å². The summed E-state index contributed by atoms with van der Waals surface area (Å²) in [7, 11) is 0. The van der Waals surface area contributed by atoms with Crippen LogP contribution in [0, 0.1) is 13.8 Å². The third kappa shape index (κ3) is 3.08. The Kier molecular flexibility index (Phi) is 4.19. The van der Waals surface area contributed by atoms with Gasteiger partial charge in [0.05, 0.1) is 6.10 Å². The van der Waals surface area contributed by atoms with Crippen LogP contribution in [0.4, 0.5) is 0 Å². The molecule has 0 bridgehead atoms. The molecule has 0 amide bonds. The van der Waals surface area contributed by atoms with E-state index in [-0.39, 0.29) is 12.1 Å². The van der Waals surface area contributed by atoms with Crippen LogP contribution in [0.3, 0.4) is 0 Å². The van der Waals surface area contributed by atoms with Crippen molar-refractivity contribution in [2.45, 2.75) is 51.7 Å². The van der Waals surface area contributed by atoms with E-state index in [4.69, 9.17) is 0 Å². The molecule has 0 radical (unpaired) electrons. The van der Waals surface area contributed by atoms with Crippen LogP contribution in [0.15, 0.2) is 18.2 Å². The maximum atomic E-state index is 10.5. The van der Waals surface area contributed by atoms with E-state index in [9.17, 15) is 5.11 Å². The number of aliphatic hydroxyl groups is 1. The van der Waals surface area contributed by atoms with Crippen molar-refractivity contribution in [3.05, 3.63) is 34.9 Å². The van der Waals surface area contributed by atoms with Gasteiger partial charge in [-0.3, -0.25) is 0 Å². The molecule has 2 N–H and O–H groups in total. The van der Waals surface area contributed by atoms with E-state index in [1.54, 1.807) is 0 Å². The topological polar surface area (TPSA) is 32.3 Å². The molecule has 1 aliphatic heterocycles. The molecule has 1 aromatic carbocycles. The zero-order chi connectivity index (χ0) is 12.3. The van der Waals surface area contributed by atoms with Crippen molar-refractivity contribution in [3.63, 3.8) is 0 Å². The summed E-state index contributed by atoms with van der Waals surface area (Å²) in [4.78, 5) is 0. The largest absolute Gasteiger partial charge is 0.387 e. The van der Waals surface area contributed by atoms with Crippen molar-refractivity contribution < 1.29 is 5.11 Å². The minimum Gasteiger partial charge on any atom is -0.387 e. The number of nitrogens with one attached hydrogen (secondary N) is 1. The number of benzene rings is 1. The van der Waals surface area contributed by atoms with Gasteiger partial charge in [-0.05, 0) is 44.4 Å². The summed E-state index contributed by atoms with van der Waals surface area (Å²) in [5.74, 6) is 0. The highest BCUT2D eigenvalue weighted by Crippen LogP contribution is 2.25. The molecule has 0 aromatic heterocycles. The highest BCUT2D eigenvalue weighted by Gasteiger charge is 2.22. The van der Waals surface area contributed by atoms with Gasteiger partial charge in [-0.15, -0.1) is 0 Å². The summed E-state index contributed by atoms with van der Waals surface area (Å²) >= 11 is 0. The van der Waals surface area contributed by atoms with Crippen LogP contribution in [0.1, 0.15) is 48.5 Å². The Bertz CT molecular complexity index is 367. The lowest BCUT2D eigenvalue weighted by Crippen LogP contribution is -2.34. The van der Waals surface area contributed by atoms with Crippen LogP contribution in [-0.4, -0.2) is 17.7 Å². The molecule has 2 heteroatoms. The summed E-state index contributed by atoms with van der Waals surface area (Å²) in [5, 5.41) is 14.0. The van der Waals surface area contributed by atoms with Crippen LogP contribution in [0.25, 0.3) is 0 Å². The summed E-state index contributed by atoms with van der Waals surface area (Å²) in [6, 6.07) is 6.53. The summed E-state index contributed by atoms with van der Waals surface area (Å²) in [6.45, 7) is 5.21. The minimum absolute atomic E-state index is 0.221. The molecule has 1 aliphatic rings. The van der Waals surface area contributed by atoms with Gasteiger partial charge in [0.25, 0.3) is 0 Å². The zero-order valence-corrected chi connectivity index (χ0v) is 10.9. The van der Waals surface area contributed by atoms with Crippen LogP contribution >= 0.6 is 0 Å². The van der Waals surface area contributed by atoms with E-state index >= 15 is 0 Å². The molecule has 1 saturated heterocycles. The second-order valence-corrected chi connectivity index (χ2v) is 5.21. The Morgan fingerprint density at radius 3 is 2.82 bits per heavy atom. The average molecular weight is 233 g/mol. The first kappa shape index (κ1) is 12.6. The fourth-order valence-electron chi connectivity index (χ4n) is 2.70. The lowest BCUT2D eigenvalue weighted by molar-refractivity contribution is 0.125. The predicted molar refractivity (Wildman–Crippen MR) is 71.1 cm³/mol. The lowest BCUT2D eigenvalue weighted by atomic mass is 9.94. The fraction of sp³-hybridized carbons (Fsp3) is 0.600. The van der Waals surface area contributed by atoms with Gasteiger partial charge in [0.15, 0.2) is 0 Å². The molecule has 2 unspecified atom stereocenters. The predicted octanol–water partition coefficient (Wildman–Crippen LogP) is 2.87. The number of hydrogen-bond acceptors (Lipinski definition) is 2. The SMILES string of the molecule is Cc1ccc(C(O)C2CCCCCN2)c(C)c1. The van der Waals surface area contributed by atoms with E-state index in [0.717, 1.165) is 18.5 Å². The summed E-state index contributed by atoms with van der Waals surface area (Å²) in [6.07, 6.45) is 4.45. The third-order valence-electron chi connectivity index (χ3n) is 3.72. The number of rotatable bonds is 2. The molecule has 0 spiro atoms. The van der Waals surface area contributed by atoms with E-state index in [1.807, 2.05) is 0 Å². The van der Waals surface area contributed by atoms with Gasteiger partial charge < -0.3 is 10.4 Å². The molecular formula is C15H23NO. The first-order valence-electron chi connectivity index (χ1n) is 6.67. The van der Waals surface area contributed by atoms with Gasteiger partial charge in [0, 0.05) is 6.04 Å². The summed E-state index contributed by atoms with van der Waals surface area (Å²) in [5.41, 5.74) is 3.53.